The number of carboxylic acids is 2. The maximum Gasteiger partial charge on any atom is 0.330 e. The van der Waals surface area contributed by atoms with Crippen LogP contribution in [0.15, 0.2) is 30.5 Å². The Morgan fingerprint density at radius 1 is 1.07 bits per heavy atom. The standard InChI is InChI=1S/C16H19N3O3.C6H14N4O2.C3H7NO3/c17-12(15(20)22-16(21)14-6-3-7-18-14)8-10-9-19-13-5-2-1-4-11(10)13;7-4(5(11)12)2-1-3-10-6(8)9;4-2(1-5)3(6)7/h1-2,4-5,9,12,14,18-19H,3,6-8,17H2;4H,1-3,7H2,(H,11,12)(H4,8,9,10);2,5H,1,4H2,(H,6,7)/t12-,14-;4-;2-/m000/s1. The van der Waals surface area contributed by atoms with Gasteiger partial charge in [0.2, 0.25) is 0 Å². The Morgan fingerprint density at radius 3 is 2.27 bits per heavy atom. The van der Waals surface area contributed by atoms with E-state index in [9.17, 15) is 19.2 Å². The highest BCUT2D eigenvalue weighted by Gasteiger charge is 2.28. The quantitative estimate of drug-likeness (QED) is 0.0446. The molecule has 1 fully saturated rings. The number of carboxylic acid groups (broad SMARTS) is 2. The number of ether oxygens (including phenoxy) is 1. The van der Waals surface area contributed by atoms with Crippen molar-refractivity contribution in [2.45, 2.75) is 56.3 Å². The molecule has 16 heteroatoms. The number of para-hydroxylation sites is 1. The smallest absolute Gasteiger partial charge is 0.330 e. The van der Waals surface area contributed by atoms with Crippen molar-refractivity contribution in [3.8, 4) is 0 Å². The van der Waals surface area contributed by atoms with Crippen LogP contribution in [0, 0.1) is 5.41 Å². The average Bonchev–Trinajstić information content (AvgIpc) is 3.62. The van der Waals surface area contributed by atoms with Gasteiger partial charge in [-0.3, -0.25) is 15.0 Å². The summed E-state index contributed by atoms with van der Waals surface area (Å²) in [5, 5.41) is 37.6. The third-order valence-electron chi connectivity index (χ3n) is 5.80. The zero-order valence-corrected chi connectivity index (χ0v) is 22.5. The topological polar surface area (TPSA) is 306 Å². The molecule has 4 atom stereocenters. The van der Waals surface area contributed by atoms with Crippen molar-refractivity contribution in [3.63, 3.8) is 0 Å². The Labute approximate surface area is 236 Å². The lowest BCUT2D eigenvalue weighted by molar-refractivity contribution is -0.162. The fraction of sp³-hybridized carbons (Fsp3) is 0.480. The van der Waals surface area contributed by atoms with E-state index in [-0.39, 0.29) is 12.0 Å². The number of esters is 2. The van der Waals surface area contributed by atoms with Crippen LogP contribution in [-0.2, 0) is 30.3 Å². The highest BCUT2D eigenvalue weighted by molar-refractivity contribution is 5.91. The van der Waals surface area contributed by atoms with Gasteiger partial charge in [0, 0.05) is 30.1 Å². The molecule has 1 saturated heterocycles. The number of aliphatic hydroxyl groups is 1. The van der Waals surface area contributed by atoms with Gasteiger partial charge in [-0.25, -0.2) is 9.59 Å². The maximum atomic E-state index is 12.0. The number of guanidine groups is 1. The maximum absolute atomic E-state index is 12.0. The number of benzene rings is 1. The Bertz CT molecular complexity index is 1150. The van der Waals surface area contributed by atoms with Crippen LogP contribution >= 0.6 is 0 Å². The third kappa shape index (κ3) is 13.2. The molecular formula is C25H40N8O8. The predicted octanol–water partition coefficient (Wildman–Crippen LogP) is -2.09. The number of hydrogen-bond acceptors (Lipinski definition) is 11. The number of fused-ring (bicyclic) bond motifs is 1. The van der Waals surface area contributed by atoms with E-state index in [0.717, 1.165) is 29.4 Å². The molecule has 41 heavy (non-hydrogen) atoms. The number of H-pyrrole nitrogens is 1. The molecule has 16 nitrogen and oxygen atoms in total. The average molecular weight is 581 g/mol. The number of rotatable bonds is 11. The van der Waals surface area contributed by atoms with E-state index in [1.165, 1.54) is 0 Å². The van der Waals surface area contributed by atoms with Crippen LogP contribution in [0.4, 0.5) is 0 Å². The summed E-state index contributed by atoms with van der Waals surface area (Å²) in [6, 6.07) is 4.60. The molecule has 0 bridgehead atoms. The molecule has 0 spiro atoms. The first-order valence-corrected chi connectivity index (χ1v) is 12.8. The minimum atomic E-state index is -1.18. The molecule has 3 rings (SSSR count). The second kappa shape index (κ2) is 18.3. The van der Waals surface area contributed by atoms with Gasteiger partial charge in [0.1, 0.15) is 24.2 Å². The summed E-state index contributed by atoms with van der Waals surface area (Å²) in [5.74, 6) is -3.50. The van der Waals surface area contributed by atoms with E-state index in [0.29, 0.717) is 32.2 Å². The van der Waals surface area contributed by atoms with Crippen molar-refractivity contribution in [3.05, 3.63) is 36.0 Å². The monoisotopic (exact) mass is 580 g/mol. The van der Waals surface area contributed by atoms with Gasteiger partial charge >= 0.3 is 23.9 Å². The lowest BCUT2D eigenvalue weighted by Gasteiger charge is -2.12. The Morgan fingerprint density at radius 2 is 1.73 bits per heavy atom. The van der Waals surface area contributed by atoms with E-state index in [1.54, 1.807) is 0 Å². The number of aliphatic hydroxyl groups excluding tert-OH is 1. The molecular weight excluding hydrogens is 540 g/mol. The van der Waals surface area contributed by atoms with Crippen LogP contribution < -0.4 is 33.6 Å². The van der Waals surface area contributed by atoms with Crippen molar-refractivity contribution in [2.24, 2.45) is 22.9 Å². The fourth-order valence-corrected chi connectivity index (χ4v) is 3.50. The van der Waals surface area contributed by atoms with Crippen LogP contribution in [0.25, 0.3) is 10.9 Å². The van der Waals surface area contributed by atoms with Gasteiger partial charge in [0.05, 0.1) is 6.61 Å². The number of aromatic nitrogens is 1. The molecule has 228 valence electrons. The van der Waals surface area contributed by atoms with Gasteiger partial charge in [-0.15, -0.1) is 0 Å². The third-order valence-corrected chi connectivity index (χ3v) is 5.80. The molecule has 1 aliphatic rings. The molecule has 1 aromatic carbocycles. The van der Waals surface area contributed by atoms with Gasteiger partial charge < -0.3 is 58.6 Å². The van der Waals surface area contributed by atoms with Crippen LogP contribution in [0.3, 0.4) is 0 Å². The molecule has 15 N–H and O–H groups in total. The highest BCUT2D eigenvalue weighted by Crippen LogP contribution is 2.19. The summed E-state index contributed by atoms with van der Waals surface area (Å²) < 4.78 is 4.88. The van der Waals surface area contributed by atoms with Crippen LogP contribution in [0.1, 0.15) is 31.2 Å². The summed E-state index contributed by atoms with van der Waals surface area (Å²) in [5.41, 5.74) is 22.8. The van der Waals surface area contributed by atoms with E-state index in [2.05, 4.69) is 15.6 Å². The first-order chi connectivity index (χ1) is 19.4. The van der Waals surface area contributed by atoms with Gasteiger partial charge in [0.15, 0.2) is 5.96 Å². The van der Waals surface area contributed by atoms with E-state index in [4.69, 9.17) is 48.4 Å². The Hall–Kier alpha value is -4.09. The number of carbonyl (C=O) groups excluding carboxylic acids is 2. The summed E-state index contributed by atoms with van der Waals surface area (Å²) in [4.78, 5) is 46.8. The van der Waals surface area contributed by atoms with Gasteiger partial charge in [0.25, 0.3) is 0 Å². The molecule has 2 aromatic rings. The van der Waals surface area contributed by atoms with Crippen molar-refractivity contribution >= 4 is 40.7 Å². The normalized spacial score (nSPS) is 16.1. The second-order valence-corrected chi connectivity index (χ2v) is 9.11. The molecule has 0 saturated carbocycles. The molecule has 1 aliphatic heterocycles. The molecule has 0 unspecified atom stereocenters. The minimum Gasteiger partial charge on any atom is -0.480 e. The SMILES string of the molecule is N=C(N)NCCC[C@H](N)C(=O)O.N[C@@H](CO)C(=O)O.N[C@@H](Cc1c[nH]c2ccccc12)C(=O)OC(=O)[C@@H]1CCCN1. The van der Waals surface area contributed by atoms with Crippen molar-refractivity contribution in [2.75, 3.05) is 19.7 Å². The Balaban J connectivity index is 0.000000373. The van der Waals surface area contributed by atoms with Crippen LogP contribution in [0.2, 0.25) is 0 Å². The second-order valence-electron chi connectivity index (χ2n) is 9.11. The summed E-state index contributed by atoms with van der Waals surface area (Å²) in [6.07, 6.45) is 4.74. The van der Waals surface area contributed by atoms with Crippen molar-refractivity contribution < 1.29 is 39.2 Å². The lowest BCUT2D eigenvalue weighted by atomic mass is 10.1. The van der Waals surface area contributed by atoms with E-state index < -0.39 is 48.6 Å². The molecule has 2 heterocycles. The van der Waals surface area contributed by atoms with E-state index in [1.807, 2.05) is 30.5 Å². The number of nitrogens with two attached hydrogens (primary N) is 4. The minimum absolute atomic E-state index is 0.112. The molecule has 0 amide bonds. The van der Waals surface area contributed by atoms with E-state index >= 15 is 0 Å². The number of aromatic amines is 1. The summed E-state index contributed by atoms with van der Waals surface area (Å²) >= 11 is 0. The largest absolute Gasteiger partial charge is 0.480 e. The van der Waals surface area contributed by atoms with Crippen LogP contribution in [0.5, 0.6) is 0 Å². The summed E-state index contributed by atoms with van der Waals surface area (Å²) in [7, 11) is 0. The number of aliphatic carboxylic acids is 2. The van der Waals surface area contributed by atoms with Gasteiger partial charge in [-0.05, 0) is 43.9 Å². The lowest BCUT2D eigenvalue weighted by Crippen LogP contribution is -2.40. The highest BCUT2D eigenvalue weighted by atomic mass is 16.6. The number of nitrogens with one attached hydrogen (secondary N) is 4. The molecule has 1 aromatic heterocycles. The zero-order chi connectivity index (χ0) is 30.9. The predicted molar refractivity (Wildman–Crippen MR) is 150 cm³/mol. The molecule has 0 aliphatic carbocycles. The van der Waals surface area contributed by atoms with Gasteiger partial charge in [-0.1, -0.05) is 18.2 Å². The Kier molecular flexibility index (Phi) is 15.6. The zero-order valence-electron chi connectivity index (χ0n) is 22.5. The number of hydrogen-bond donors (Lipinski definition) is 11. The first-order valence-electron chi connectivity index (χ1n) is 12.8. The van der Waals surface area contributed by atoms with Gasteiger partial charge in [-0.2, -0.15) is 0 Å². The van der Waals surface area contributed by atoms with Crippen molar-refractivity contribution in [1.29, 1.82) is 5.41 Å². The fourth-order valence-electron chi connectivity index (χ4n) is 3.50. The summed E-state index contributed by atoms with van der Waals surface area (Å²) in [6.45, 7) is 0.751. The van der Waals surface area contributed by atoms with Crippen LogP contribution in [-0.4, -0.2) is 94.0 Å². The number of carbonyl (C=O) groups is 4. The molecule has 0 radical (unpaired) electrons. The van der Waals surface area contributed by atoms with Crippen molar-refractivity contribution in [1.82, 2.24) is 15.6 Å². The first kappa shape index (κ1) is 34.9.